The third kappa shape index (κ3) is 2.38. The Kier molecular flexibility index (Phi) is 3.93. The molecule has 3 aliphatic rings. The van der Waals surface area contributed by atoms with Crippen LogP contribution < -0.4 is 4.74 Å². The number of allylic oxidation sites excluding steroid dienone is 2. The summed E-state index contributed by atoms with van der Waals surface area (Å²) < 4.78 is 6.41. The topological polar surface area (TPSA) is 66.8 Å². The van der Waals surface area contributed by atoms with E-state index in [0.29, 0.717) is 23.1 Å². The van der Waals surface area contributed by atoms with Gasteiger partial charge in [-0.15, -0.1) is 0 Å². The molecule has 5 atom stereocenters. The summed E-state index contributed by atoms with van der Waals surface area (Å²) in [6.07, 6.45) is 6.52. The summed E-state index contributed by atoms with van der Waals surface area (Å²) in [7, 11) is 0. The van der Waals surface area contributed by atoms with Gasteiger partial charge in [-0.3, -0.25) is 0 Å². The van der Waals surface area contributed by atoms with Crippen molar-refractivity contribution in [3.8, 4) is 11.5 Å². The predicted octanol–water partition coefficient (Wildman–Crippen LogP) is 5.43. The van der Waals surface area contributed by atoms with E-state index in [1.54, 1.807) is 6.92 Å². The van der Waals surface area contributed by atoms with Crippen LogP contribution in [0.25, 0.3) is 0 Å². The number of aromatic hydroxyl groups is 1. The molecule has 2 aliphatic carbocycles. The van der Waals surface area contributed by atoms with Crippen molar-refractivity contribution in [2.45, 2.75) is 71.8 Å². The van der Waals surface area contributed by atoms with E-state index in [1.165, 1.54) is 5.57 Å². The van der Waals surface area contributed by atoms with Crippen LogP contribution in [0.3, 0.4) is 0 Å². The van der Waals surface area contributed by atoms with Crippen molar-refractivity contribution < 1.29 is 19.7 Å². The number of ether oxygens (including phenoxy) is 1. The van der Waals surface area contributed by atoms with Gasteiger partial charge in [-0.05, 0) is 76.3 Å². The highest BCUT2D eigenvalue weighted by Crippen LogP contribution is 2.75. The number of fused-ring (bicyclic) bond motifs is 2. The van der Waals surface area contributed by atoms with Gasteiger partial charge in [-0.25, -0.2) is 4.79 Å². The van der Waals surface area contributed by atoms with Crippen LogP contribution in [0.2, 0.25) is 0 Å². The second-order valence-electron chi connectivity index (χ2n) is 9.52. The Morgan fingerprint density at radius 1 is 1.37 bits per heavy atom. The van der Waals surface area contributed by atoms with Gasteiger partial charge < -0.3 is 14.9 Å². The van der Waals surface area contributed by atoms with E-state index in [2.05, 4.69) is 33.8 Å². The summed E-state index contributed by atoms with van der Waals surface area (Å²) in [5.41, 5.74) is 2.50. The van der Waals surface area contributed by atoms with E-state index in [1.807, 2.05) is 6.07 Å². The lowest BCUT2D eigenvalue weighted by Crippen LogP contribution is -2.60. The molecule has 1 aromatic carbocycles. The van der Waals surface area contributed by atoms with E-state index in [4.69, 9.17) is 4.74 Å². The van der Waals surface area contributed by atoms with Crippen LogP contribution >= 0.6 is 0 Å². The summed E-state index contributed by atoms with van der Waals surface area (Å²) >= 11 is 0. The van der Waals surface area contributed by atoms with Crippen LogP contribution in [0.4, 0.5) is 0 Å². The minimum Gasteiger partial charge on any atom is -0.507 e. The molecule has 2 N–H and O–H groups in total. The van der Waals surface area contributed by atoms with Gasteiger partial charge >= 0.3 is 5.97 Å². The molecule has 0 spiro atoms. The van der Waals surface area contributed by atoms with E-state index in [0.717, 1.165) is 31.2 Å². The molecule has 2 fully saturated rings. The SMILES string of the molecule is CC(C)=CCCC1(C)C2CC[C@]3(C)Oc4cc(C)c(C(=O)O)c(O)c4[C@H]1[C@H]23. The number of carboxylic acid groups (broad SMARTS) is 1. The van der Waals surface area contributed by atoms with Crippen molar-refractivity contribution in [1.29, 1.82) is 0 Å². The first kappa shape index (κ1) is 18.4. The number of rotatable bonds is 4. The number of carboxylic acids is 1. The van der Waals surface area contributed by atoms with Crippen LogP contribution in [0.1, 0.15) is 80.8 Å². The molecule has 0 radical (unpaired) electrons. The average Bonchev–Trinajstić information content (AvgIpc) is 2.87. The number of aromatic carboxylic acids is 1. The Hall–Kier alpha value is -1.97. The monoisotopic (exact) mass is 370 g/mol. The van der Waals surface area contributed by atoms with Crippen LogP contribution in [0, 0.1) is 24.2 Å². The maximum absolute atomic E-state index is 11.7. The number of benzene rings is 1. The smallest absolute Gasteiger partial charge is 0.339 e. The molecule has 0 amide bonds. The second-order valence-corrected chi connectivity index (χ2v) is 9.52. The summed E-state index contributed by atoms with van der Waals surface area (Å²) in [5.74, 6) is 0.616. The Balaban J connectivity index is 1.84. The van der Waals surface area contributed by atoms with Crippen molar-refractivity contribution in [3.05, 3.63) is 34.4 Å². The molecular formula is C23H30O4. The van der Waals surface area contributed by atoms with E-state index in [9.17, 15) is 15.0 Å². The van der Waals surface area contributed by atoms with Crippen molar-refractivity contribution in [2.75, 3.05) is 0 Å². The highest BCUT2D eigenvalue weighted by molar-refractivity contribution is 5.94. The van der Waals surface area contributed by atoms with Gasteiger partial charge in [0.2, 0.25) is 0 Å². The first-order valence-corrected chi connectivity index (χ1v) is 10.0. The lowest BCUT2D eigenvalue weighted by molar-refractivity contribution is -0.133. The fourth-order valence-corrected chi connectivity index (χ4v) is 6.39. The second kappa shape index (κ2) is 5.76. The molecule has 2 unspecified atom stereocenters. The number of hydrogen-bond acceptors (Lipinski definition) is 3. The Bertz CT molecular complexity index is 850. The first-order chi connectivity index (χ1) is 12.6. The molecule has 4 heteroatoms. The molecule has 0 aromatic heterocycles. The number of carbonyl (C=O) groups is 1. The lowest BCUT2D eigenvalue weighted by Gasteiger charge is -2.63. The third-order valence-electron chi connectivity index (χ3n) is 7.61. The van der Waals surface area contributed by atoms with Gasteiger partial charge in [-0.2, -0.15) is 0 Å². The summed E-state index contributed by atoms with van der Waals surface area (Å²) in [5, 5.41) is 20.6. The van der Waals surface area contributed by atoms with Gasteiger partial charge in [0.1, 0.15) is 22.7 Å². The normalized spacial score (nSPS) is 35.5. The van der Waals surface area contributed by atoms with Crippen molar-refractivity contribution in [3.63, 3.8) is 0 Å². The van der Waals surface area contributed by atoms with Crippen LogP contribution in [0.15, 0.2) is 17.7 Å². The average molecular weight is 370 g/mol. The van der Waals surface area contributed by atoms with Gasteiger partial charge in [0.15, 0.2) is 0 Å². The molecule has 1 heterocycles. The van der Waals surface area contributed by atoms with Crippen molar-refractivity contribution >= 4 is 5.97 Å². The fraction of sp³-hybridized carbons (Fsp3) is 0.609. The van der Waals surface area contributed by atoms with Gasteiger partial charge in [-0.1, -0.05) is 18.6 Å². The van der Waals surface area contributed by atoms with Gasteiger partial charge in [0.05, 0.1) is 0 Å². The zero-order chi connectivity index (χ0) is 19.7. The van der Waals surface area contributed by atoms with Crippen molar-refractivity contribution in [1.82, 2.24) is 0 Å². The maximum atomic E-state index is 11.7. The number of hydrogen-bond donors (Lipinski definition) is 2. The molecule has 4 rings (SSSR count). The zero-order valence-corrected chi connectivity index (χ0v) is 16.9. The molecule has 4 nitrogen and oxygen atoms in total. The summed E-state index contributed by atoms with van der Waals surface area (Å²) in [4.78, 5) is 11.7. The number of aryl methyl sites for hydroxylation is 1. The predicted molar refractivity (Wildman–Crippen MR) is 105 cm³/mol. The number of phenols is 1. The van der Waals surface area contributed by atoms with Crippen LogP contribution in [-0.4, -0.2) is 21.8 Å². The maximum Gasteiger partial charge on any atom is 0.339 e. The standard InChI is InChI=1S/C23H30O4/c1-12(2)7-6-9-22(4)14-8-10-23(5)18(14)19(22)17-15(27-23)11-13(3)16(20(17)24)21(25)26/h7,11,14,18-19,24H,6,8-10H2,1-5H3,(H,25,26)/t14?,18-,19-,22?,23-/m0/s1. The fourth-order valence-electron chi connectivity index (χ4n) is 6.39. The van der Waals surface area contributed by atoms with Gasteiger partial charge in [0.25, 0.3) is 0 Å². The molecule has 0 bridgehead atoms. The Morgan fingerprint density at radius 2 is 2.07 bits per heavy atom. The molecule has 0 saturated heterocycles. The quantitative estimate of drug-likeness (QED) is 0.694. The van der Waals surface area contributed by atoms with Crippen molar-refractivity contribution in [2.24, 2.45) is 17.3 Å². The van der Waals surface area contributed by atoms with E-state index < -0.39 is 5.97 Å². The first-order valence-electron chi connectivity index (χ1n) is 10.0. The van der Waals surface area contributed by atoms with Crippen LogP contribution in [-0.2, 0) is 0 Å². The molecule has 1 aromatic rings. The van der Waals surface area contributed by atoms with E-state index >= 15 is 0 Å². The molecular weight excluding hydrogens is 340 g/mol. The molecule has 2 saturated carbocycles. The molecule has 27 heavy (non-hydrogen) atoms. The Labute approximate surface area is 161 Å². The molecule has 1 aliphatic heterocycles. The summed E-state index contributed by atoms with van der Waals surface area (Å²) in [6, 6.07) is 1.82. The van der Waals surface area contributed by atoms with Crippen LogP contribution in [0.5, 0.6) is 11.5 Å². The Morgan fingerprint density at radius 3 is 2.70 bits per heavy atom. The largest absolute Gasteiger partial charge is 0.507 e. The zero-order valence-electron chi connectivity index (χ0n) is 16.9. The lowest BCUT2D eigenvalue weighted by atomic mass is 9.43. The summed E-state index contributed by atoms with van der Waals surface area (Å²) in [6.45, 7) is 10.5. The minimum atomic E-state index is -1.07. The highest BCUT2D eigenvalue weighted by Gasteiger charge is 2.70. The third-order valence-corrected chi connectivity index (χ3v) is 7.61. The minimum absolute atomic E-state index is 0.0223. The highest BCUT2D eigenvalue weighted by atomic mass is 16.5. The molecule has 146 valence electrons. The van der Waals surface area contributed by atoms with E-state index in [-0.39, 0.29) is 28.2 Å². The van der Waals surface area contributed by atoms with Gasteiger partial charge in [0, 0.05) is 17.4 Å².